The highest BCUT2D eigenvalue weighted by molar-refractivity contribution is 5.70. The number of benzene rings is 1. The van der Waals surface area contributed by atoms with Crippen LogP contribution in [0, 0.1) is 26.2 Å². The van der Waals surface area contributed by atoms with E-state index in [4.69, 9.17) is 24.0 Å². The predicted molar refractivity (Wildman–Crippen MR) is 139 cm³/mol. The van der Waals surface area contributed by atoms with Gasteiger partial charge in [-0.3, -0.25) is 0 Å². The molecule has 0 spiro atoms. The first-order valence-corrected chi connectivity index (χ1v) is 12.7. The third-order valence-electron chi connectivity index (χ3n) is 7.16. The molecule has 0 saturated carbocycles. The normalized spacial score (nSPS) is 16.2. The minimum atomic E-state index is -0.585. The fraction of sp³-hybridized carbons (Fsp3) is 0.536. The van der Waals surface area contributed by atoms with E-state index in [2.05, 4.69) is 24.3 Å². The van der Waals surface area contributed by atoms with E-state index in [9.17, 15) is 5.11 Å². The Balaban J connectivity index is 1.69. The molecule has 2 aromatic heterocycles. The number of aryl methyl sites for hydroxylation is 3. The van der Waals surface area contributed by atoms with Gasteiger partial charge in [0.25, 0.3) is 0 Å². The lowest BCUT2D eigenvalue weighted by Crippen LogP contribution is -2.29. The maximum atomic E-state index is 10.0. The van der Waals surface area contributed by atoms with Crippen LogP contribution in [0.1, 0.15) is 48.9 Å². The standard InChI is InChI=1S/C28H38N4O4/c1-18-24(9-10-28(4)11-13-34-14-12-28)30-27(31-26(18)25-19(2)32-36-20(25)3)21-7-6-8-23(15-21)35-17-22(33)16-29-5/h6-8,15,22,29,33H,9-14,16-17H2,1-5H3. The Morgan fingerprint density at radius 2 is 1.94 bits per heavy atom. The number of nitrogens with zero attached hydrogens (tertiary/aromatic N) is 3. The van der Waals surface area contributed by atoms with Gasteiger partial charge in [-0.05, 0) is 76.6 Å². The van der Waals surface area contributed by atoms with Gasteiger partial charge in [-0.2, -0.15) is 0 Å². The van der Waals surface area contributed by atoms with Crippen LogP contribution in [-0.4, -0.2) is 59.7 Å². The van der Waals surface area contributed by atoms with Crippen LogP contribution in [0.2, 0.25) is 0 Å². The van der Waals surface area contributed by atoms with Crippen LogP contribution in [-0.2, 0) is 11.2 Å². The zero-order valence-electron chi connectivity index (χ0n) is 22.1. The zero-order valence-corrected chi connectivity index (χ0v) is 22.1. The van der Waals surface area contributed by atoms with Crippen LogP contribution < -0.4 is 10.1 Å². The van der Waals surface area contributed by atoms with Gasteiger partial charge in [-0.15, -0.1) is 0 Å². The SMILES string of the molecule is CNCC(O)COc1cccc(-c2nc(CCC3(C)CCOCC3)c(C)c(-c3c(C)noc3C)n2)c1. The molecule has 1 atom stereocenters. The van der Waals surface area contributed by atoms with Gasteiger partial charge in [0.05, 0.1) is 17.0 Å². The number of aromatic nitrogens is 3. The molecule has 3 heterocycles. The Morgan fingerprint density at radius 3 is 2.64 bits per heavy atom. The largest absolute Gasteiger partial charge is 0.491 e. The predicted octanol–water partition coefficient (Wildman–Crippen LogP) is 4.43. The Hall–Kier alpha value is -2.81. The molecule has 194 valence electrons. The van der Waals surface area contributed by atoms with E-state index in [0.717, 1.165) is 78.4 Å². The first-order valence-electron chi connectivity index (χ1n) is 12.7. The van der Waals surface area contributed by atoms with Crippen molar-refractivity contribution in [3.63, 3.8) is 0 Å². The molecule has 4 rings (SSSR count). The average Bonchev–Trinajstić information content (AvgIpc) is 3.20. The Bertz CT molecular complexity index is 1150. The van der Waals surface area contributed by atoms with Gasteiger partial charge in [0.2, 0.25) is 0 Å². The van der Waals surface area contributed by atoms with Gasteiger partial charge >= 0.3 is 0 Å². The number of aliphatic hydroxyl groups is 1. The molecule has 1 unspecified atom stereocenters. The summed E-state index contributed by atoms with van der Waals surface area (Å²) >= 11 is 0. The van der Waals surface area contributed by atoms with E-state index < -0.39 is 6.10 Å². The molecule has 0 radical (unpaired) electrons. The second kappa shape index (κ2) is 11.5. The van der Waals surface area contributed by atoms with Gasteiger partial charge < -0.3 is 24.4 Å². The molecule has 0 amide bonds. The highest BCUT2D eigenvalue weighted by atomic mass is 16.5. The number of aliphatic hydroxyl groups excluding tert-OH is 1. The summed E-state index contributed by atoms with van der Waals surface area (Å²) in [5.41, 5.74) is 5.82. The van der Waals surface area contributed by atoms with Gasteiger partial charge in [-0.25, -0.2) is 9.97 Å². The van der Waals surface area contributed by atoms with E-state index >= 15 is 0 Å². The lowest BCUT2D eigenvalue weighted by Gasteiger charge is -2.33. The van der Waals surface area contributed by atoms with E-state index in [0.29, 0.717) is 18.1 Å². The molecule has 36 heavy (non-hydrogen) atoms. The molecule has 8 heteroatoms. The van der Waals surface area contributed by atoms with Crippen molar-refractivity contribution >= 4 is 0 Å². The summed E-state index contributed by atoms with van der Waals surface area (Å²) in [6, 6.07) is 7.72. The van der Waals surface area contributed by atoms with E-state index in [1.165, 1.54) is 0 Å². The first-order chi connectivity index (χ1) is 17.3. The topological polar surface area (TPSA) is 103 Å². The van der Waals surface area contributed by atoms with Gasteiger partial charge in [0.1, 0.15) is 24.2 Å². The molecule has 2 N–H and O–H groups in total. The van der Waals surface area contributed by atoms with Crippen LogP contribution in [0.3, 0.4) is 0 Å². The second-order valence-corrected chi connectivity index (χ2v) is 10.1. The van der Waals surface area contributed by atoms with Gasteiger partial charge in [0.15, 0.2) is 5.82 Å². The maximum absolute atomic E-state index is 10.0. The molecular formula is C28H38N4O4. The monoisotopic (exact) mass is 494 g/mol. The van der Waals surface area contributed by atoms with E-state index in [1.54, 1.807) is 7.05 Å². The minimum Gasteiger partial charge on any atom is -0.491 e. The van der Waals surface area contributed by atoms with Crippen molar-refractivity contribution in [3.05, 3.63) is 47.0 Å². The lowest BCUT2D eigenvalue weighted by atomic mass is 9.78. The molecule has 0 bridgehead atoms. The van der Waals surface area contributed by atoms with Crippen LogP contribution in [0.4, 0.5) is 0 Å². The summed E-state index contributed by atoms with van der Waals surface area (Å²) in [6.07, 6.45) is 3.46. The molecular weight excluding hydrogens is 456 g/mol. The van der Waals surface area contributed by atoms with Gasteiger partial charge in [-0.1, -0.05) is 24.2 Å². The number of nitrogens with one attached hydrogen (secondary N) is 1. The summed E-state index contributed by atoms with van der Waals surface area (Å²) in [5.74, 6) is 2.06. The summed E-state index contributed by atoms with van der Waals surface area (Å²) in [6.45, 7) is 10.6. The zero-order chi connectivity index (χ0) is 25.7. The fourth-order valence-electron chi connectivity index (χ4n) is 4.75. The molecule has 1 aliphatic heterocycles. The van der Waals surface area contributed by atoms with Crippen molar-refractivity contribution in [2.75, 3.05) is 33.4 Å². The Morgan fingerprint density at radius 1 is 1.17 bits per heavy atom. The van der Waals surface area contributed by atoms with Crippen LogP contribution in [0.15, 0.2) is 28.8 Å². The molecule has 1 fully saturated rings. The molecule has 1 aromatic carbocycles. The van der Waals surface area contributed by atoms with Crippen molar-refractivity contribution in [1.29, 1.82) is 0 Å². The van der Waals surface area contributed by atoms with Gasteiger partial charge in [0, 0.05) is 31.0 Å². The van der Waals surface area contributed by atoms with E-state index in [1.807, 2.05) is 38.1 Å². The highest BCUT2D eigenvalue weighted by Crippen LogP contribution is 2.37. The van der Waals surface area contributed by atoms with Crippen molar-refractivity contribution in [3.8, 4) is 28.4 Å². The number of hydrogen-bond acceptors (Lipinski definition) is 8. The highest BCUT2D eigenvalue weighted by Gasteiger charge is 2.28. The van der Waals surface area contributed by atoms with Crippen LogP contribution >= 0.6 is 0 Å². The molecule has 8 nitrogen and oxygen atoms in total. The molecule has 0 aliphatic carbocycles. The summed E-state index contributed by atoms with van der Waals surface area (Å²) in [7, 11) is 1.80. The number of likely N-dealkylation sites (N-methyl/N-ethyl adjacent to an activating group) is 1. The minimum absolute atomic E-state index is 0.205. The van der Waals surface area contributed by atoms with Crippen molar-refractivity contribution < 1.29 is 19.1 Å². The first kappa shape index (κ1) is 26.3. The molecule has 1 aliphatic rings. The fourth-order valence-corrected chi connectivity index (χ4v) is 4.75. The number of ether oxygens (including phenoxy) is 2. The van der Waals surface area contributed by atoms with Crippen LogP contribution in [0.5, 0.6) is 5.75 Å². The Labute approximate surface area is 213 Å². The van der Waals surface area contributed by atoms with Crippen molar-refractivity contribution in [2.24, 2.45) is 5.41 Å². The smallest absolute Gasteiger partial charge is 0.160 e. The maximum Gasteiger partial charge on any atom is 0.160 e. The number of hydrogen-bond donors (Lipinski definition) is 2. The number of rotatable bonds is 10. The lowest BCUT2D eigenvalue weighted by molar-refractivity contribution is 0.0198. The van der Waals surface area contributed by atoms with Crippen LogP contribution in [0.25, 0.3) is 22.6 Å². The third kappa shape index (κ3) is 6.11. The van der Waals surface area contributed by atoms with Crippen molar-refractivity contribution in [2.45, 2.75) is 59.5 Å². The second-order valence-electron chi connectivity index (χ2n) is 10.1. The molecule has 3 aromatic rings. The van der Waals surface area contributed by atoms with E-state index in [-0.39, 0.29) is 12.0 Å². The van der Waals surface area contributed by atoms with Crippen molar-refractivity contribution in [1.82, 2.24) is 20.4 Å². The summed E-state index contributed by atoms with van der Waals surface area (Å²) in [4.78, 5) is 10.0. The summed E-state index contributed by atoms with van der Waals surface area (Å²) in [5, 5.41) is 17.1. The Kier molecular flexibility index (Phi) is 8.39. The quantitative estimate of drug-likeness (QED) is 0.427. The average molecular weight is 495 g/mol. The molecule has 1 saturated heterocycles. The summed E-state index contributed by atoms with van der Waals surface area (Å²) < 4.78 is 16.9. The third-order valence-corrected chi connectivity index (χ3v) is 7.16.